The highest BCUT2D eigenvalue weighted by atomic mass is 35.5. The molecular formula is C28H29ClFN5O2S. The quantitative estimate of drug-likeness (QED) is 0.223. The molecule has 0 radical (unpaired) electrons. The van der Waals surface area contributed by atoms with Gasteiger partial charge in [0.05, 0.1) is 16.2 Å². The predicted octanol–water partition coefficient (Wildman–Crippen LogP) is 6.35. The number of sulfonamides is 1. The van der Waals surface area contributed by atoms with Crippen LogP contribution in [0.5, 0.6) is 0 Å². The Balaban J connectivity index is 1.36. The number of anilines is 2. The lowest BCUT2D eigenvalue weighted by Gasteiger charge is -2.30. The van der Waals surface area contributed by atoms with E-state index in [0.717, 1.165) is 42.1 Å². The Morgan fingerprint density at radius 2 is 1.76 bits per heavy atom. The molecule has 0 atom stereocenters. The highest BCUT2D eigenvalue weighted by Crippen LogP contribution is 2.36. The summed E-state index contributed by atoms with van der Waals surface area (Å²) in [7, 11) is -4.05. The maximum atomic E-state index is 15.0. The van der Waals surface area contributed by atoms with Gasteiger partial charge in [0.25, 0.3) is 10.0 Å². The van der Waals surface area contributed by atoms with Crippen LogP contribution in [0.15, 0.2) is 71.8 Å². The second-order valence-electron chi connectivity index (χ2n) is 9.70. The average Bonchev–Trinajstić information content (AvgIpc) is 3.37. The third kappa shape index (κ3) is 5.60. The van der Waals surface area contributed by atoms with Gasteiger partial charge in [0.2, 0.25) is 5.95 Å². The molecule has 0 aliphatic heterocycles. The van der Waals surface area contributed by atoms with Gasteiger partial charge in [-0.3, -0.25) is 4.72 Å². The Kier molecular flexibility index (Phi) is 7.52. The van der Waals surface area contributed by atoms with Crippen LogP contribution in [0.2, 0.25) is 5.02 Å². The van der Waals surface area contributed by atoms with Crippen molar-refractivity contribution < 1.29 is 12.8 Å². The number of benzene rings is 3. The second kappa shape index (κ2) is 10.8. The van der Waals surface area contributed by atoms with Crippen molar-refractivity contribution in [1.29, 1.82) is 0 Å². The summed E-state index contributed by atoms with van der Waals surface area (Å²) in [4.78, 5) is 9.15. The van der Waals surface area contributed by atoms with Gasteiger partial charge in [-0.15, -0.1) is 0 Å². The van der Waals surface area contributed by atoms with Gasteiger partial charge in [-0.1, -0.05) is 48.7 Å². The van der Waals surface area contributed by atoms with Crippen molar-refractivity contribution in [3.05, 3.63) is 77.7 Å². The van der Waals surface area contributed by atoms with Crippen LogP contribution in [0.4, 0.5) is 16.0 Å². The number of hydrogen-bond donors (Lipinski definition) is 3. The summed E-state index contributed by atoms with van der Waals surface area (Å²) < 4.78 is 42.6. The molecule has 0 bridgehead atoms. The molecule has 38 heavy (non-hydrogen) atoms. The van der Waals surface area contributed by atoms with Gasteiger partial charge in [0.15, 0.2) is 0 Å². The number of fused-ring (bicyclic) bond motifs is 1. The summed E-state index contributed by atoms with van der Waals surface area (Å²) in [6.45, 7) is 0.666. The molecule has 1 aliphatic carbocycles. The number of aromatic nitrogens is 2. The van der Waals surface area contributed by atoms with Crippen LogP contribution in [0.3, 0.4) is 0 Å². The number of halogens is 2. The van der Waals surface area contributed by atoms with Crippen molar-refractivity contribution in [2.24, 2.45) is 5.73 Å². The molecule has 0 amide bonds. The summed E-state index contributed by atoms with van der Waals surface area (Å²) in [6, 6.07) is 16.0. The summed E-state index contributed by atoms with van der Waals surface area (Å²) in [5, 5.41) is 4.46. The third-order valence-electron chi connectivity index (χ3n) is 7.05. The van der Waals surface area contributed by atoms with Crippen LogP contribution < -0.4 is 15.8 Å². The summed E-state index contributed by atoms with van der Waals surface area (Å²) in [5.41, 5.74) is 7.73. The van der Waals surface area contributed by atoms with Crippen LogP contribution in [-0.4, -0.2) is 30.5 Å². The molecule has 4 aromatic rings. The zero-order valence-corrected chi connectivity index (χ0v) is 22.3. The van der Waals surface area contributed by atoms with Crippen molar-refractivity contribution in [3.8, 4) is 11.1 Å². The van der Waals surface area contributed by atoms with E-state index < -0.39 is 15.8 Å². The monoisotopic (exact) mass is 553 g/mol. The van der Waals surface area contributed by atoms with E-state index in [1.807, 2.05) is 18.2 Å². The number of hydrogen-bond acceptors (Lipinski definition) is 6. The van der Waals surface area contributed by atoms with Crippen molar-refractivity contribution in [1.82, 2.24) is 9.97 Å². The van der Waals surface area contributed by atoms with Gasteiger partial charge >= 0.3 is 0 Å². The van der Waals surface area contributed by atoms with Crippen LogP contribution in [0, 0.1) is 5.82 Å². The van der Waals surface area contributed by atoms with Gasteiger partial charge in [-0.05, 0) is 79.8 Å². The van der Waals surface area contributed by atoms with Gasteiger partial charge in [0.1, 0.15) is 10.7 Å². The van der Waals surface area contributed by atoms with Crippen LogP contribution in [-0.2, 0) is 10.0 Å². The lowest BCUT2D eigenvalue weighted by molar-refractivity contribution is 0.430. The molecule has 0 spiro atoms. The van der Waals surface area contributed by atoms with Crippen LogP contribution in [0.1, 0.15) is 38.5 Å². The molecule has 198 valence electrons. The van der Waals surface area contributed by atoms with E-state index in [-0.39, 0.29) is 21.1 Å². The highest BCUT2D eigenvalue weighted by molar-refractivity contribution is 7.92. The Bertz CT molecular complexity index is 1580. The van der Waals surface area contributed by atoms with Crippen molar-refractivity contribution >= 4 is 44.2 Å². The molecule has 1 aliphatic rings. The van der Waals surface area contributed by atoms with E-state index in [1.54, 1.807) is 24.4 Å². The van der Waals surface area contributed by atoms with E-state index in [1.165, 1.54) is 37.1 Å². The average molecular weight is 554 g/mol. The highest BCUT2D eigenvalue weighted by Gasteiger charge is 2.33. The van der Waals surface area contributed by atoms with E-state index in [0.29, 0.717) is 18.1 Å². The fourth-order valence-corrected chi connectivity index (χ4v) is 6.67. The maximum Gasteiger partial charge on any atom is 0.263 e. The zero-order valence-electron chi connectivity index (χ0n) is 20.8. The fourth-order valence-electron chi connectivity index (χ4n) is 5.08. The SMILES string of the molecule is NCCCC1(Nc2ncc3cc(-c4ccc(NS(=O)(=O)c5ccccc5Cl)c(F)c4)ccc3n2)CCCC1. The third-order valence-corrected chi connectivity index (χ3v) is 8.92. The van der Waals surface area contributed by atoms with Gasteiger partial charge in [-0.2, -0.15) is 0 Å². The molecule has 4 N–H and O–H groups in total. The molecular weight excluding hydrogens is 525 g/mol. The topological polar surface area (TPSA) is 110 Å². The molecule has 0 saturated heterocycles. The molecule has 3 aromatic carbocycles. The van der Waals surface area contributed by atoms with Crippen LogP contribution >= 0.6 is 11.6 Å². The van der Waals surface area contributed by atoms with Gasteiger partial charge < -0.3 is 11.1 Å². The number of rotatable bonds is 9. The van der Waals surface area contributed by atoms with E-state index in [2.05, 4.69) is 15.0 Å². The molecule has 1 aromatic heterocycles. The van der Waals surface area contributed by atoms with Crippen LogP contribution in [0.25, 0.3) is 22.0 Å². The van der Waals surface area contributed by atoms with Gasteiger partial charge in [-0.25, -0.2) is 22.8 Å². The molecule has 7 nitrogen and oxygen atoms in total. The first-order valence-corrected chi connectivity index (χ1v) is 14.5. The lowest BCUT2D eigenvalue weighted by Crippen LogP contribution is -2.36. The summed E-state index contributed by atoms with van der Waals surface area (Å²) >= 11 is 6.01. The Morgan fingerprint density at radius 3 is 2.50 bits per heavy atom. The number of nitrogens with zero attached hydrogens (tertiary/aromatic N) is 2. The standard InChI is InChI=1S/C28H29ClFN5O2S/c29-22-6-1-2-7-26(22)38(36,37)35-25-11-9-20(17-23(25)30)19-8-10-24-21(16-19)18-32-27(33-24)34-28(14-5-15-31)12-3-4-13-28/h1-2,6-11,16-18,35H,3-5,12-15,31H2,(H,32,33,34). The largest absolute Gasteiger partial charge is 0.349 e. The number of nitrogens with one attached hydrogen (secondary N) is 2. The van der Waals surface area contributed by atoms with E-state index >= 15 is 0 Å². The first-order chi connectivity index (χ1) is 18.3. The summed E-state index contributed by atoms with van der Waals surface area (Å²) in [5.74, 6) is -0.0984. The van der Waals surface area contributed by atoms with Gasteiger partial charge in [0, 0.05) is 17.1 Å². The van der Waals surface area contributed by atoms with Crippen molar-refractivity contribution in [3.63, 3.8) is 0 Å². The smallest absolute Gasteiger partial charge is 0.263 e. The normalized spacial score (nSPS) is 15.0. The number of nitrogens with two attached hydrogens (primary N) is 1. The minimum absolute atomic E-state index is 0.000377. The first kappa shape index (κ1) is 26.3. The van der Waals surface area contributed by atoms with E-state index in [4.69, 9.17) is 22.3 Å². The molecule has 1 fully saturated rings. The zero-order chi connectivity index (χ0) is 26.8. The molecule has 1 heterocycles. The molecule has 0 unspecified atom stereocenters. The molecule has 1 saturated carbocycles. The minimum Gasteiger partial charge on any atom is -0.349 e. The Morgan fingerprint density at radius 1 is 1.03 bits per heavy atom. The molecule has 10 heteroatoms. The summed E-state index contributed by atoms with van der Waals surface area (Å²) in [6.07, 6.45) is 8.27. The Labute approximate surface area is 226 Å². The predicted molar refractivity (Wildman–Crippen MR) is 150 cm³/mol. The maximum absolute atomic E-state index is 15.0. The fraction of sp³-hybridized carbons (Fsp3) is 0.286. The van der Waals surface area contributed by atoms with Crippen molar-refractivity contribution in [2.45, 2.75) is 49.0 Å². The second-order valence-corrected chi connectivity index (χ2v) is 11.8. The van der Waals surface area contributed by atoms with Crippen molar-refractivity contribution in [2.75, 3.05) is 16.6 Å². The lowest BCUT2D eigenvalue weighted by atomic mass is 9.91. The molecule has 5 rings (SSSR count). The van der Waals surface area contributed by atoms with E-state index in [9.17, 15) is 12.8 Å². The minimum atomic E-state index is -4.05. The first-order valence-electron chi connectivity index (χ1n) is 12.6. The Hall–Kier alpha value is -3.27.